The molecule has 0 fully saturated rings. The Morgan fingerprint density at radius 2 is 2.00 bits per heavy atom. The zero-order valence-electron chi connectivity index (χ0n) is 6.38. The molecule has 1 aliphatic heterocycles. The van der Waals surface area contributed by atoms with E-state index in [0.29, 0.717) is 0 Å². The first-order chi connectivity index (χ1) is 5.79. The van der Waals surface area contributed by atoms with Crippen molar-refractivity contribution in [2.45, 2.75) is 12.2 Å². The van der Waals surface area contributed by atoms with Crippen LogP contribution in [-0.2, 0) is 0 Å². The summed E-state index contributed by atoms with van der Waals surface area (Å²) in [6, 6.07) is 7.45. The Bertz CT molecular complexity index is 320. The van der Waals surface area contributed by atoms with Crippen LogP contribution < -0.4 is 0 Å². The van der Waals surface area contributed by atoms with E-state index in [4.69, 9.17) is 10.2 Å². The van der Waals surface area contributed by atoms with Gasteiger partial charge >= 0.3 is 0 Å². The summed E-state index contributed by atoms with van der Waals surface area (Å²) in [6.45, 7) is 0. The van der Waals surface area contributed by atoms with E-state index in [0.717, 1.165) is 11.3 Å². The van der Waals surface area contributed by atoms with Crippen molar-refractivity contribution in [3.63, 3.8) is 0 Å². The quantitative estimate of drug-likeness (QED) is 0.601. The third-order valence-corrected chi connectivity index (χ3v) is 1.99. The summed E-state index contributed by atoms with van der Waals surface area (Å²) in [6.07, 6.45) is 0.215. The molecular formula is C9H9NO2. The van der Waals surface area contributed by atoms with E-state index in [-0.39, 0.29) is 5.92 Å². The summed E-state index contributed by atoms with van der Waals surface area (Å²) < 4.78 is 0. The van der Waals surface area contributed by atoms with Gasteiger partial charge in [0, 0.05) is 6.21 Å². The normalized spacial score (nSPS) is 20.1. The van der Waals surface area contributed by atoms with Gasteiger partial charge in [-0.3, -0.25) is 4.99 Å². The van der Waals surface area contributed by atoms with E-state index >= 15 is 0 Å². The van der Waals surface area contributed by atoms with Crippen LogP contribution in [0.2, 0.25) is 0 Å². The summed E-state index contributed by atoms with van der Waals surface area (Å²) in [7, 11) is 0. The second-order valence-electron chi connectivity index (χ2n) is 2.78. The van der Waals surface area contributed by atoms with Crippen molar-refractivity contribution in [2.24, 2.45) is 4.99 Å². The first-order valence-corrected chi connectivity index (χ1v) is 3.78. The molecule has 1 aliphatic rings. The SMILES string of the molecule is OC(O)C1C=Nc2ccccc21. The van der Waals surface area contributed by atoms with E-state index < -0.39 is 6.29 Å². The zero-order chi connectivity index (χ0) is 8.55. The molecule has 1 aromatic carbocycles. The molecule has 62 valence electrons. The lowest BCUT2D eigenvalue weighted by molar-refractivity contribution is -0.0438. The highest BCUT2D eigenvalue weighted by molar-refractivity contribution is 5.80. The molecule has 1 heterocycles. The van der Waals surface area contributed by atoms with Gasteiger partial charge in [0.15, 0.2) is 6.29 Å². The molecule has 0 amide bonds. The Morgan fingerprint density at radius 1 is 1.25 bits per heavy atom. The van der Waals surface area contributed by atoms with E-state index in [1.54, 1.807) is 6.21 Å². The number of para-hydroxylation sites is 1. The number of benzene rings is 1. The number of aliphatic hydroxyl groups excluding tert-OH is 1. The van der Waals surface area contributed by atoms with Gasteiger partial charge in [-0.1, -0.05) is 18.2 Å². The molecule has 0 bridgehead atoms. The number of aliphatic imine (C=N–C) groups is 1. The first-order valence-electron chi connectivity index (χ1n) is 3.78. The molecule has 12 heavy (non-hydrogen) atoms. The summed E-state index contributed by atoms with van der Waals surface area (Å²) >= 11 is 0. The monoisotopic (exact) mass is 163 g/mol. The summed E-state index contributed by atoms with van der Waals surface area (Å²) in [5, 5.41) is 17.9. The average Bonchev–Trinajstić information content (AvgIpc) is 2.47. The van der Waals surface area contributed by atoms with Crippen molar-refractivity contribution < 1.29 is 10.2 Å². The third-order valence-electron chi connectivity index (χ3n) is 1.99. The molecule has 1 aromatic rings. The topological polar surface area (TPSA) is 52.8 Å². The maximum absolute atomic E-state index is 8.96. The third kappa shape index (κ3) is 1.03. The van der Waals surface area contributed by atoms with E-state index in [1.807, 2.05) is 24.3 Å². The van der Waals surface area contributed by atoms with Gasteiger partial charge in [0.05, 0.1) is 11.6 Å². The van der Waals surface area contributed by atoms with E-state index in [1.165, 1.54) is 0 Å². The van der Waals surface area contributed by atoms with Crippen LogP contribution in [0.4, 0.5) is 5.69 Å². The molecule has 2 rings (SSSR count). The van der Waals surface area contributed by atoms with Crippen molar-refractivity contribution in [3.05, 3.63) is 29.8 Å². The Balaban J connectivity index is 2.42. The Kier molecular flexibility index (Phi) is 1.67. The van der Waals surface area contributed by atoms with Crippen LogP contribution in [0.5, 0.6) is 0 Å². The van der Waals surface area contributed by atoms with Crippen LogP contribution >= 0.6 is 0 Å². The van der Waals surface area contributed by atoms with Gasteiger partial charge in [-0.2, -0.15) is 0 Å². The van der Waals surface area contributed by atoms with Crippen LogP contribution in [0.15, 0.2) is 29.3 Å². The van der Waals surface area contributed by atoms with Crippen molar-refractivity contribution in [2.75, 3.05) is 0 Å². The van der Waals surface area contributed by atoms with E-state index in [9.17, 15) is 0 Å². The number of aliphatic hydroxyl groups is 2. The molecule has 3 nitrogen and oxygen atoms in total. The molecule has 0 saturated heterocycles. The Labute approximate surface area is 70.0 Å². The minimum absolute atomic E-state index is 0.360. The number of nitrogens with zero attached hydrogens (tertiary/aromatic N) is 1. The van der Waals surface area contributed by atoms with Crippen LogP contribution in [0.1, 0.15) is 11.5 Å². The molecule has 1 atom stereocenters. The van der Waals surface area contributed by atoms with Crippen LogP contribution in [0.3, 0.4) is 0 Å². The predicted molar refractivity (Wildman–Crippen MR) is 45.6 cm³/mol. The molecule has 2 N–H and O–H groups in total. The lowest BCUT2D eigenvalue weighted by Gasteiger charge is -2.10. The maximum Gasteiger partial charge on any atom is 0.163 e. The predicted octanol–water partition coefficient (Wildman–Crippen LogP) is 0.797. The average molecular weight is 163 g/mol. The summed E-state index contributed by atoms with van der Waals surface area (Å²) in [4.78, 5) is 4.06. The van der Waals surface area contributed by atoms with Crippen LogP contribution in [0.25, 0.3) is 0 Å². The van der Waals surface area contributed by atoms with Gasteiger partial charge in [0.25, 0.3) is 0 Å². The van der Waals surface area contributed by atoms with Crippen LogP contribution in [-0.4, -0.2) is 22.7 Å². The lowest BCUT2D eigenvalue weighted by atomic mass is 10.0. The Hall–Kier alpha value is -1.19. The molecule has 0 aliphatic carbocycles. The highest BCUT2D eigenvalue weighted by atomic mass is 16.5. The smallest absolute Gasteiger partial charge is 0.163 e. The molecule has 0 radical (unpaired) electrons. The molecule has 0 spiro atoms. The van der Waals surface area contributed by atoms with E-state index in [2.05, 4.69) is 4.99 Å². The molecule has 0 aromatic heterocycles. The zero-order valence-corrected chi connectivity index (χ0v) is 6.38. The molecule has 3 heteroatoms. The second-order valence-corrected chi connectivity index (χ2v) is 2.78. The van der Waals surface area contributed by atoms with Gasteiger partial charge in [0.2, 0.25) is 0 Å². The number of rotatable bonds is 1. The highest BCUT2D eigenvalue weighted by Gasteiger charge is 2.23. The number of fused-ring (bicyclic) bond motifs is 1. The maximum atomic E-state index is 8.96. The fourth-order valence-electron chi connectivity index (χ4n) is 1.37. The van der Waals surface area contributed by atoms with Gasteiger partial charge in [-0.05, 0) is 11.6 Å². The number of hydrogen-bond acceptors (Lipinski definition) is 3. The van der Waals surface area contributed by atoms with Crippen molar-refractivity contribution in [1.29, 1.82) is 0 Å². The standard InChI is InChI=1S/C9H9NO2/c11-9(12)7-5-10-8-4-2-1-3-6(7)8/h1-5,7,9,11-12H. The fraction of sp³-hybridized carbons (Fsp3) is 0.222. The largest absolute Gasteiger partial charge is 0.367 e. The highest BCUT2D eigenvalue weighted by Crippen LogP contribution is 2.32. The lowest BCUT2D eigenvalue weighted by Crippen LogP contribution is -2.16. The van der Waals surface area contributed by atoms with Gasteiger partial charge in [0.1, 0.15) is 0 Å². The summed E-state index contributed by atoms with van der Waals surface area (Å²) in [5.41, 5.74) is 1.71. The molecule has 1 unspecified atom stereocenters. The first kappa shape index (κ1) is 7.46. The van der Waals surface area contributed by atoms with Gasteiger partial charge in [-0.15, -0.1) is 0 Å². The van der Waals surface area contributed by atoms with Gasteiger partial charge < -0.3 is 10.2 Å². The summed E-state index contributed by atoms with van der Waals surface area (Å²) in [5.74, 6) is -0.360. The van der Waals surface area contributed by atoms with Crippen LogP contribution in [0, 0.1) is 0 Å². The number of hydrogen-bond donors (Lipinski definition) is 2. The van der Waals surface area contributed by atoms with Crippen molar-refractivity contribution >= 4 is 11.9 Å². The fourth-order valence-corrected chi connectivity index (χ4v) is 1.37. The minimum Gasteiger partial charge on any atom is -0.367 e. The molecular weight excluding hydrogens is 154 g/mol. The van der Waals surface area contributed by atoms with Crippen molar-refractivity contribution in [3.8, 4) is 0 Å². The van der Waals surface area contributed by atoms with Gasteiger partial charge in [-0.25, -0.2) is 0 Å². The second kappa shape index (κ2) is 2.69. The molecule has 0 saturated carbocycles. The van der Waals surface area contributed by atoms with Crippen molar-refractivity contribution in [1.82, 2.24) is 0 Å². The Morgan fingerprint density at radius 3 is 2.75 bits per heavy atom. The minimum atomic E-state index is -1.35.